The van der Waals surface area contributed by atoms with E-state index in [0.717, 1.165) is 16.2 Å². The second kappa shape index (κ2) is 9.83. The van der Waals surface area contributed by atoms with E-state index in [4.69, 9.17) is 4.74 Å². The first-order valence-electron chi connectivity index (χ1n) is 9.19. The second-order valence-electron chi connectivity index (χ2n) is 6.46. The van der Waals surface area contributed by atoms with E-state index in [9.17, 15) is 9.59 Å². The highest BCUT2D eigenvalue weighted by Gasteiger charge is 2.15. The summed E-state index contributed by atoms with van der Waals surface area (Å²) >= 11 is 1.59. The van der Waals surface area contributed by atoms with Crippen LogP contribution >= 0.6 is 11.3 Å². The third-order valence-corrected chi connectivity index (χ3v) is 5.31. The molecule has 29 heavy (non-hydrogen) atoms. The summed E-state index contributed by atoms with van der Waals surface area (Å²) in [7, 11) is 1.59. The molecule has 3 aromatic rings. The third kappa shape index (κ3) is 5.89. The van der Waals surface area contributed by atoms with Crippen LogP contribution in [-0.4, -0.2) is 40.5 Å². The number of nitrogens with zero attached hydrogens (tertiary/aromatic N) is 3. The number of thiophene rings is 1. The summed E-state index contributed by atoms with van der Waals surface area (Å²) in [6.45, 7) is 2.73. The maximum Gasteiger partial charge on any atom is 0.273 e. The standard InChI is InChI=1S/C20H23N5O3S/c1-14(18-7-4-10-29-18)22-20(27)17-13-25(24-23-17)9-8-21-19(26)12-15-5-3-6-16(11-15)28-2/h3-7,10-11,13-14H,8-9,12H2,1-2H3,(H,21,26)(H,22,27)/t14-/m1/s1. The van der Waals surface area contributed by atoms with Gasteiger partial charge >= 0.3 is 0 Å². The molecule has 0 spiro atoms. The first kappa shape index (κ1) is 20.5. The minimum atomic E-state index is -0.279. The van der Waals surface area contributed by atoms with Crippen molar-refractivity contribution in [3.8, 4) is 5.75 Å². The number of aromatic nitrogens is 3. The fourth-order valence-electron chi connectivity index (χ4n) is 2.73. The predicted octanol–water partition coefficient (Wildman–Crippen LogP) is 2.20. The molecule has 0 radical (unpaired) electrons. The van der Waals surface area contributed by atoms with Gasteiger partial charge in [0.2, 0.25) is 5.91 Å². The molecule has 8 nitrogen and oxygen atoms in total. The fraction of sp³-hybridized carbons (Fsp3) is 0.300. The number of amides is 2. The van der Waals surface area contributed by atoms with Crippen molar-refractivity contribution >= 4 is 23.2 Å². The number of methoxy groups -OCH3 is 1. The van der Waals surface area contributed by atoms with Gasteiger partial charge in [0.15, 0.2) is 5.69 Å². The zero-order valence-electron chi connectivity index (χ0n) is 16.3. The highest BCUT2D eigenvalue weighted by atomic mass is 32.1. The number of carbonyl (C=O) groups excluding carboxylic acids is 2. The van der Waals surface area contributed by atoms with E-state index in [1.54, 1.807) is 24.6 Å². The molecule has 1 atom stereocenters. The molecule has 1 aromatic carbocycles. The monoisotopic (exact) mass is 413 g/mol. The Morgan fingerprint density at radius 1 is 1.28 bits per heavy atom. The first-order valence-corrected chi connectivity index (χ1v) is 10.1. The number of hydrogen-bond acceptors (Lipinski definition) is 6. The van der Waals surface area contributed by atoms with Crippen molar-refractivity contribution in [3.63, 3.8) is 0 Å². The molecule has 0 saturated heterocycles. The Hall–Kier alpha value is -3.20. The summed E-state index contributed by atoms with van der Waals surface area (Å²) in [5, 5.41) is 15.6. The van der Waals surface area contributed by atoms with Gasteiger partial charge in [0, 0.05) is 11.4 Å². The van der Waals surface area contributed by atoms with Gasteiger partial charge < -0.3 is 15.4 Å². The lowest BCUT2D eigenvalue weighted by Crippen LogP contribution is -2.28. The smallest absolute Gasteiger partial charge is 0.273 e. The van der Waals surface area contributed by atoms with Crippen molar-refractivity contribution in [3.05, 3.63) is 64.1 Å². The largest absolute Gasteiger partial charge is 0.497 e. The Kier molecular flexibility index (Phi) is 6.96. The Labute approximate surface area is 172 Å². The van der Waals surface area contributed by atoms with E-state index in [1.165, 1.54) is 4.68 Å². The van der Waals surface area contributed by atoms with E-state index in [-0.39, 0.29) is 30.0 Å². The molecule has 0 bridgehead atoms. The van der Waals surface area contributed by atoms with Gasteiger partial charge in [-0.15, -0.1) is 16.4 Å². The SMILES string of the molecule is COc1cccc(CC(=O)NCCn2cc(C(=O)N[C@H](C)c3cccs3)nn2)c1. The summed E-state index contributed by atoms with van der Waals surface area (Å²) in [5.41, 5.74) is 1.12. The average Bonchev–Trinajstić information content (AvgIpc) is 3.40. The third-order valence-electron chi connectivity index (χ3n) is 4.25. The number of benzene rings is 1. The quantitative estimate of drug-likeness (QED) is 0.560. The number of carbonyl (C=O) groups is 2. The van der Waals surface area contributed by atoms with Crippen molar-refractivity contribution in [1.82, 2.24) is 25.6 Å². The molecule has 0 aliphatic carbocycles. The zero-order chi connectivity index (χ0) is 20.6. The van der Waals surface area contributed by atoms with Gasteiger partial charge in [-0.2, -0.15) is 0 Å². The van der Waals surface area contributed by atoms with Crippen LogP contribution in [0.4, 0.5) is 0 Å². The van der Waals surface area contributed by atoms with Crippen molar-refractivity contribution in [2.45, 2.75) is 25.9 Å². The molecule has 0 saturated carbocycles. The Morgan fingerprint density at radius 2 is 2.14 bits per heavy atom. The number of nitrogens with one attached hydrogen (secondary N) is 2. The van der Waals surface area contributed by atoms with Gasteiger partial charge in [-0.3, -0.25) is 9.59 Å². The molecule has 9 heteroatoms. The molecule has 0 aliphatic rings. The molecule has 3 rings (SSSR count). The van der Waals surface area contributed by atoms with Crippen molar-refractivity contribution in [2.24, 2.45) is 0 Å². The van der Waals surface area contributed by atoms with Crippen LogP contribution in [0.1, 0.15) is 33.9 Å². The van der Waals surface area contributed by atoms with Crippen molar-refractivity contribution in [1.29, 1.82) is 0 Å². The lowest BCUT2D eigenvalue weighted by Gasteiger charge is -2.10. The highest BCUT2D eigenvalue weighted by molar-refractivity contribution is 7.10. The molecule has 0 fully saturated rings. The predicted molar refractivity (Wildman–Crippen MR) is 110 cm³/mol. The number of ether oxygens (including phenoxy) is 1. The van der Waals surface area contributed by atoms with Crippen LogP contribution in [0.2, 0.25) is 0 Å². The zero-order valence-corrected chi connectivity index (χ0v) is 17.1. The average molecular weight is 414 g/mol. The van der Waals surface area contributed by atoms with Crippen LogP contribution in [-0.2, 0) is 17.8 Å². The maximum atomic E-state index is 12.3. The maximum absolute atomic E-state index is 12.3. The van der Waals surface area contributed by atoms with Crippen LogP contribution in [0.25, 0.3) is 0 Å². The topological polar surface area (TPSA) is 98.1 Å². The van der Waals surface area contributed by atoms with Gasteiger partial charge in [0.05, 0.1) is 32.3 Å². The van der Waals surface area contributed by atoms with Gasteiger partial charge in [0.25, 0.3) is 5.91 Å². The number of rotatable bonds is 9. The van der Waals surface area contributed by atoms with E-state index < -0.39 is 0 Å². The second-order valence-corrected chi connectivity index (χ2v) is 7.43. The van der Waals surface area contributed by atoms with Gasteiger partial charge in [-0.25, -0.2) is 4.68 Å². The molecular weight excluding hydrogens is 390 g/mol. The Morgan fingerprint density at radius 3 is 2.90 bits per heavy atom. The summed E-state index contributed by atoms with van der Waals surface area (Å²) in [5.74, 6) is 0.345. The van der Waals surface area contributed by atoms with Crippen LogP contribution in [0.15, 0.2) is 48.0 Å². The molecule has 2 amide bonds. The lowest BCUT2D eigenvalue weighted by molar-refractivity contribution is -0.120. The molecule has 2 N–H and O–H groups in total. The normalized spacial score (nSPS) is 11.7. The molecule has 152 valence electrons. The fourth-order valence-corrected chi connectivity index (χ4v) is 3.47. The summed E-state index contributed by atoms with van der Waals surface area (Å²) < 4.78 is 6.70. The summed E-state index contributed by atoms with van der Waals surface area (Å²) in [6.07, 6.45) is 1.84. The highest BCUT2D eigenvalue weighted by Crippen LogP contribution is 2.18. The minimum Gasteiger partial charge on any atom is -0.497 e. The van der Waals surface area contributed by atoms with E-state index in [0.29, 0.717) is 13.1 Å². The van der Waals surface area contributed by atoms with Crippen LogP contribution < -0.4 is 15.4 Å². The first-order chi connectivity index (χ1) is 14.0. The molecule has 0 aliphatic heterocycles. The van der Waals surface area contributed by atoms with Gasteiger partial charge in [-0.05, 0) is 36.1 Å². The lowest BCUT2D eigenvalue weighted by atomic mass is 10.1. The molecule has 2 aromatic heterocycles. The van der Waals surface area contributed by atoms with E-state index in [1.807, 2.05) is 48.7 Å². The van der Waals surface area contributed by atoms with Crippen molar-refractivity contribution < 1.29 is 14.3 Å². The minimum absolute atomic E-state index is 0.0939. The van der Waals surface area contributed by atoms with Crippen molar-refractivity contribution in [2.75, 3.05) is 13.7 Å². The van der Waals surface area contributed by atoms with Gasteiger partial charge in [-0.1, -0.05) is 23.4 Å². The van der Waals surface area contributed by atoms with Crippen LogP contribution in [0.3, 0.4) is 0 Å². The van der Waals surface area contributed by atoms with E-state index in [2.05, 4.69) is 20.9 Å². The Bertz CT molecular complexity index is 955. The van der Waals surface area contributed by atoms with Crippen LogP contribution in [0.5, 0.6) is 5.75 Å². The summed E-state index contributed by atoms with van der Waals surface area (Å²) in [6, 6.07) is 11.2. The molecule has 2 heterocycles. The summed E-state index contributed by atoms with van der Waals surface area (Å²) in [4.78, 5) is 25.5. The van der Waals surface area contributed by atoms with Crippen LogP contribution in [0, 0.1) is 0 Å². The van der Waals surface area contributed by atoms with E-state index >= 15 is 0 Å². The molecular formula is C20H23N5O3S. The Balaban J connectivity index is 1.44. The number of hydrogen-bond donors (Lipinski definition) is 2. The molecule has 0 unspecified atom stereocenters. The van der Waals surface area contributed by atoms with Gasteiger partial charge in [0.1, 0.15) is 5.75 Å².